The van der Waals surface area contributed by atoms with Crippen LogP contribution in [0.1, 0.15) is 6.92 Å². The van der Waals surface area contributed by atoms with Crippen LogP contribution in [0.3, 0.4) is 0 Å². The summed E-state index contributed by atoms with van der Waals surface area (Å²) in [7, 11) is 0. The van der Waals surface area contributed by atoms with Crippen LogP contribution in [-0.2, 0) is 17.9 Å². The highest BCUT2D eigenvalue weighted by Crippen LogP contribution is 2.34. The standard InChI is InChI=1S/C19H20N6O3S/c1-3-7-25-18(13-9-20-24(4-2)10-13)22-23-19(25)29-11-17(26)21-14-5-6-15-16(8-14)28-12-27-15/h3,5-6,8-10H,1,4,7,11-12H2,2H3,(H,21,26). The number of amides is 1. The van der Waals surface area contributed by atoms with E-state index >= 15 is 0 Å². The van der Waals surface area contributed by atoms with Gasteiger partial charge in [-0.05, 0) is 19.1 Å². The van der Waals surface area contributed by atoms with Crippen LogP contribution in [-0.4, -0.2) is 43.0 Å². The molecule has 3 heterocycles. The predicted octanol–water partition coefficient (Wildman–Crippen LogP) is 2.81. The van der Waals surface area contributed by atoms with Crippen LogP contribution in [0.2, 0.25) is 0 Å². The van der Waals surface area contributed by atoms with Gasteiger partial charge in [0, 0.05) is 31.0 Å². The molecule has 0 bridgehead atoms. The van der Waals surface area contributed by atoms with E-state index in [2.05, 4.69) is 27.2 Å². The lowest BCUT2D eigenvalue weighted by Crippen LogP contribution is -2.14. The van der Waals surface area contributed by atoms with Crippen molar-refractivity contribution in [1.29, 1.82) is 0 Å². The third-order valence-electron chi connectivity index (χ3n) is 4.23. The van der Waals surface area contributed by atoms with E-state index in [-0.39, 0.29) is 18.5 Å². The third-order valence-corrected chi connectivity index (χ3v) is 5.20. The van der Waals surface area contributed by atoms with Gasteiger partial charge in [-0.15, -0.1) is 16.8 Å². The molecule has 1 aromatic carbocycles. The minimum atomic E-state index is -0.151. The Balaban J connectivity index is 1.43. The van der Waals surface area contributed by atoms with Crippen molar-refractivity contribution in [3.8, 4) is 22.9 Å². The number of carbonyl (C=O) groups excluding carboxylic acids is 1. The number of nitrogens with zero attached hydrogens (tertiary/aromatic N) is 5. The number of hydrogen-bond acceptors (Lipinski definition) is 7. The highest BCUT2D eigenvalue weighted by Gasteiger charge is 2.17. The maximum absolute atomic E-state index is 12.4. The average molecular weight is 412 g/mol. The van der Waals surface area contributed by atoms with Gasteiger partial charge >= 0.3 is 0 Å². The minimum absolute atomic E-state index is 0.151. The van der Waals surface area contributed by atoms with Crippen LogP contribution in [0.4, 0.5) is 5.69 Å². The summed E-state index contributed by atoms with van der Waals surface area (Å²) in [6.45, 7) is 7.33. The van der Waals surface area contributed by atoms with Crippen molar-refractivity contribution in [3.05, 3.63) is 43.2 Å². The third kappa shape index (κ3) is 4.11. The van der Waals surface area contributed by atoms with Gasteiger partial charge in [0.25, 0.3) is 0 Å². The van der Waals surface area contributed by atoms with Crippen LogP contribution in [0.5, 0.6) is 11.5 Å². The summed E-state index contributed by atoms with van der Waals surface area (Å²) >= 11 is 1.31. The monoisotopic (exact) mass is 412 g/mol. The smallest absolute Gasteiger partial charge is 0.234 e. The van der Waals surface area contributed by atoms with Gasteiger partial charge in [0.05, 0.1) is 17.5 Å². The first-order chi connectivity index (χ1) is 14.2. The van der Waals surface area contributed by atoms with Gasteiger partial charge in [0.15, 0.2) is 22.5 Å². The van der Waals surface area contributed by atoms with Crippen molar-refractivity contribution in [2.45, 2.75) is 25.2 Å². The number of fused-ring (bicyclic) bond motifs is 1. The van der Waals surface area contributed by atoms with Crippen LogP contribution in [0.15, 0.2) is 48.4 Å². The lowest BCUT2D eigenvalue weighted by molar-refractivity contribution is -0.113. The summed E-state index contributed by atoms with van der Waals surface area (Å²) in [5.74, 6) is 2.04. The van der Waals surface area contributed by atoms with Crippen molar-refractivity contribution in [2.75, 3.05) is 17.9 Å². The molecular weight excluding hydrogens is 392 g/mol. The zero-order valence-electron chi connectivity index (χ0n) is 15.9. The SMILES string of the molecule is C=CCn1c(SCC(=O)Nc2ccc3c(c2)OCO3)nnc1-c1cnn(CC)c1. The molecule has 1 aliphatic rings. The van der Waals surface area contributed by atoms with Gasteiger partial charge in [-0.25, -0.2) is 0 Å². The quantitative estimate of drug-likeness (QED) is 0.449. The lowest BCUT2D eigenvalue weighted by Gasteiger charge is -2.08. The molecule has 3 aromatic rings. The van der Waals surface area contributed by atoms with E-state index in [1.54, 1.807) is 30.5 Å². The maximum Gasteiger partial charge on any atom is 0.234 e. The number of anilines is 1. The fourth-order valence-corrected chi connectivity index (χ4v) is 3.60. The Morgan fingerprint density at radius 2 is 2.21 bits per heavy atom. The van der Waals surface area contributed by atoms with E-state index in [0.717, 1.165) is 12.1 Å². The van der Waals surface area contributed by atoms with E-state index < -0.39 is 0 Å². The highest BCUT2D eigenvalue weighted by atomic mass is 32.2. The molecule has 29 heavy (non-hydrogen) atoms. The Labute approximate surface area is 171 Å². The molecule has 0 spiro atoms. The van der Waals surface area contributed by atoms with Gasteiger partial charge in [-0.2, -0.15) is 5.10 Å². The molecular formula is C19H20N6O3S. The highest BCUT2D eigenvalue weighted by molar-refractivity contribution is 7.99. The number of allylic oxidation sites excluding steroid dienone is 1. The summed E-state index contributed by atoms with van der Waals surface area (Å²) in [6.07, 6.45) is 5.45. The summed E-state index contributed by atoms with van der Waals surface area (Å²) < 4.78 is 14.4. The number of aryl methyl sites for hydroxylation is 1. The number of ether oxygens (including phenoxy) is 2. The molecule has 2 aromatic heterocycles. The fraction of sp³-hybridized carbons (Fsp3) is 0.263. The van der Waals surface area contributed by atoms with Gasteiger partial charge < -0.3 is 14.8 Å². The molecule has 0 saturated heterocycles. The number of hydrogen-bond donors (Lipinski definition) is 1. The Bertz CT molecular complexity index is 1040. The maximum atomic E-state index is 12.4. The van der Waals surface area contributed by atoms with Crippen LogP contribution in [0, 0.1) is 0 Å². The molecule has 0 radical (unpaired) electrons. The molecule has 150 valence electrons. The number of nitrogens with one attached hydrogen (secondary N) is 1. The number of aromatic nitrogens is 5. The minimum Gasteiger partial charge on any atom is -0.454 e. The molecule has 10 heteroatoms. The van der Waals surface area contributed by atoms with Gasteiger partial charge in [-0.1, -0.05) is 17.8 Å². The second kappa shape index (κ2) is 8.39. The van der Waals surface area contributed by atoms with Crippen LogP contribution in [0.25, 0.3) is 11.4 Å². The summed E-state index contributed by atoms with van der Waals surface area (Å²) in [5, 5.41) is 16.3. The summed E-state index contributed by atoms with van der Waals surface area (Å²) in [4.78, 5) is 12.4. The number of carbonyl (C=O) groups is 1. The summed E-state index contributed by atoms with van der Waals surface area (Å²) in [5.41, 5.74) is 1.53. The van der Waals surface area contributed by atoms with E-state index in [1.807, 2.05) is 22.4 Å². The first-order valence-corrected chi connectivity index (χ1v) is 10.1. The van der Waals surface area contributed by atoms with E-state index in [9.17, 15) is 4.79 Å². The lowest BCUT2D eigenvalue weighted by atomic mass is 10.3. The van der Waals surface area contributed by atoms with Crippen molar-refractivity contribution in [2.24, 2.45) is 0 Å². The number of benzene rings is 1. The molecule has 1 N–H and O–H groups in total. The normalized spacial score (nSPS) is 12.2. The topological polar surface area (TPSA) is 96.1 Å². The molecule has 0 fully saturated rings. The van der Waals surface area contributed by atoms with E-state index in [0.29, 0.717) is 34.7 Å². The summed E-state index contributed by atoms with van der Waals surface area (Å²) in [6, 6.07) is 5.29. The van der Waals surface area contributed by atoms with Crippen molar-refractivity contribution >= 4 is 23.4 Å². The second-order valence-corrected chi connectivity index (χ2v) is 7.14. The zero-order valence-corrected chi connectivity index (χ0v) is 16.7. The number of rotatable bonds is 8. The Morgan fingerprint density at radius 3 is 3.00 bits per heavy atom. The predicted molar refractivity (Wildman–Crippen MR) is 109 cm³/mol. The fourth-order valence-electron chi connectivity index (χ4n) is 2.86. The van der Waals surface area contributed by atoms with Gasteiger partial charge in [0.1, 0.15) is 0 Å². The first-order valence-electron chi connectivity index (χ1n) is 9.07. The molecule has 9 nitrogen and oxygen atoms in total. The Kier molecular flexibility index (Phi) is 5.52. The zero-order chi connectivity index (χ0) is 20.2. The van der Waals surface area contributed by atoms with Gasteiger partial charge in [-0.3, -0.25) is 14.0 Å². The molecule has 0 saturated carbocycles. The number of thioether (sulfide) groups is 1. The van der Waals surface area contributed by atoms with Crippen molar-refractivity contribution in [3.63, 3.8) is 0 Å². The van der Waals surface area contributed by atoms with E-state index in [4.69, 9.17) is 9.47 Å². The molecule has 1 aliphatic heterocycles. The Hall–Kier alpha value is -3.27. The molecule has 0 aliphatic carbocycles. The van der Waals surface area contributed by atoms with E-state index in [1.165, 1.54) is 11.8 Å². The van der Waals surface area contributed by atoms with Crippen molar-refractivity contribution in [1.82, 2.24) is 24.5 Å². The van der Waals surface area contributed by atoms with Crippen molar-refractivity contribution < 1.29 is 14.3 Å². The second-order valence-electron chi connectivity index (χ2n) is 6.20. The Morgan fingerprint density at radius 1 is 1.34 bits per heavy atom. The molecule has 1 amide bonds. The first kappa shape index (κ1) is 19.1. The van der Waals surface area contributed by atoms with Crippen LogP contribution >= 0.6 is 11.8 Å². The van der Waals surface area contributed by atoms with Crippen LogP contribution < -0.4 is 14.8 Å². The van der Waals surface area contributed by atoms with Gasteiger partial charge in [0.2, 0.25) is 12.7 Å². The molecule has 0 unspecified atom stereocenters. The molecule has 0 atom stereocenters. The largest absolute Gasteiger partial charge is 0.454 e. The average Bonchev–Trinajstić information content (AvgIpc) is 3.45. The molecule has 4 rings (SSSR count).